The zero-order valence-electron chi connectivity index (χ0n) is 23.1. The Balaban J connectivity index is 1.16. The Morgan fingerprint density at radius 2 is 2.05 bits per heavy atom. The van der Waals surface area contributed by atoms with Crippen LogP contribution in [0.15, 0.2) is 41.8 Å². The van der Waals surface area contributed by atoms with Gasteiger partial charge in [-0.1, -0.05) is 23.8 Å². The van der Waals surface area contributed by atoms with Gasteiger partial charge in [-0.05, 0) is 56.9 Å². The molecule has 3 aliphatic heterocycles. The molecule has 7 nitrogen and oxygen atoms in total. The van der Waals surface area contributed by atoms with Crippen LogP contribution in [0.2, 0.25) is 0 Å². The number of benzene rings is 2. The number of thiazole rings is 1. The molecule has 2 aromatic carbocycles. The molecule has 4 heterocycles. The maximum Gasteiger partial charge on any atom is 0.186 e. The highest BCUT2D eigenvalue weighted by Gasteiger charge is 2.38. The molecule has 4 atom stereocenters. The first-order chi connectivity index (χ1) is 19.0. The second-order valence-electron chi connectivity index (χ2n) is 11.3. The van der Waals surface area contributed by atoms with E-state index in [0.717, 1.165) is 78.6 Å². The first kappa shape index (κ1) is 26.3. The van der Waals surface area contributed by atoms with Gasteiger partial charge in [-0.2, -0.15) is 5.26 Å². The Hall–Kier alpha value is -2.96. The van der Waals surface area contributed by atoms with Crippen LogP contribution in [0.4, 0.5) is 5.13 Å². The molecule has 8 heteroatoms. The molecule has 0 aliphatic carbocycles. The van der Waals surface area contributed by atoms with Crippen molar-refractivity contribution in [3.8, 4) is 23.1 Å². The zero-order chi connectivity index (χ0) is 26.9. The second kappa shape index (κ2) is 11.3. The van der Waals surface area contributed by atoms with Crippen LogP contribution in [0.25, 0.3) is 11.3 Å². The number of aryl methyl sites for hydroxylation is 1. The van der Waals surface area contributed by atoms with Gasteiger partial charge in [0.2, 0.25) is 0 Å². The molecule has 39 heavy (non-hydrogen) atoms. The molecule has 204 valence electrons. The van der Waals surface area contributed by atoms with Crippen LogP contribution in [0.3, 0.4) is 0 Å². The number of hydrogen-bond donors (Lipinski definition) is 0. The van der Waals surface area contributed by atoms with Gasteiger partial charge < -0.3 is 14.4 Å². The van der Waals surface area contributed by atoms with Crippen molar-refractivity contribution in [1.29, 1.82) is 5.26 Å². The number of anilines is 1. The molecule has 3 fully saturated rings. The van der Waals surface area contributed by atoms with Crippen molar-refractivity contribution in [2.45, 2.75) is 52.5 Å². The van der Waals surface area contributed by atoms with Gasteiger partial charge in [-0.25, -0.2) is 4.98 Å². The van der Waals surface area contributed by atoms with E-state index in [1.807, 2.05) is 18.2 Å². The summed E-state index contributed by atoms with van der Waals surface area (Å²) in [6.45, 7) is 13.5. The van der Waals surface area contributed by atoms with E-state index in [4.69, 9.17) is 14.5 Å². The van der Waals surface area contributed by atoms with Crippen LogP contribution in [0.1, 0.15) is 42.5 Å². The Morgan fingerprint density at radius 1 is 1.15 bits per heavy atom. The van der Waals surface area contributed by atoms with Crippen molar-refractivity contribution in [1.82, 2.24) is 14.8 Å². The SMILES string of the molecule is Cc1ccc(OCc2ccc(CN3CCOC(C)C3)cc2C#N)c(-c2csc(N3CC4CCN(C3)[C@H]4C)n2)c1. The molecule has 2 bridgehead atoms. The number of nitrogens with zero attached hydrogens (tertiary/aromatic N) is 5. The average Bonchev–Trinajstić information content (AvgIpc) is 3.48. The molecule has 3 aromatic rings. The van der Waals surface area contributed by atoms with E-state index >= 15 is 0 Å². The fourth-order valence-corrected chi connectivity index (χ4v) is 6.95. The van der Waals surface area contributed by atoms with Crippen LogP contribution < -0.4 is 9.64 Å². The molecule has 3 unspecified atom stereocenters. The first-order valence-electron chi connectivity index (χ1n) is 14.0. The molecule has 0 radical (unpaired) electrons. The van der Waals surface area contributed by atoms with Crippen LogP contribution >= 0.6 is 11.3 Å². The predicted molar refractivity (Wildman–Crippen MR) is 155 cm³/mol. The largest absolute Gasteiger partial charge is 0.488 e. The van der Waals surface area contributed by atoms with E-state index in [1.54, 1.807) is 11.3 Å². The zero-order valence-corrected chi connectivity index (χ0v) is 23.9. The number of aromatic nitrogens is 1. The van der Waals surface area contributed by atoms with Gasteiger partial charge in [0.15, 0.2) is 5.13 Å². The minimum absolute atomic E-state index is 0.246. The topological polar surface area (TPSA) is 64.9 Å². The molecule has 1 aromatic heterocycles. The van der Waals surface area contributed by atoms with E-state index in [0.29, 0.717) is 18.2 Å². The summed E-state index contributed by atoms with van der Waals surface area (Å²) < 4.78 is 12.0. The van der Waals surface area contributed by atoms with Crippen molar-refractivity contribution in [2.24, 2.45) is 5.92 Å². The number of morpholine rings is 1. The van der Waals surface area contributed by atoms with E-state index in [2.05, 4.69) is 65.1 Å². The van der Waals surface area contributed by atoms with Crippen LogP contribution in [0, 0.1) is 24.2 Å². The highest BCUT2D eigenvalue weighted by atomic mass is 32.1. The summed E-state index contributed by atoms with van der Waals surface area (Å²) in [6, 6.07) is 15.5. The normalized spacial score (nSPS) is 25.0. The van der Waals surface area contributed by atoms with Crippen molar-refractivity contribution in [2.75, 3.05) is 44.4 Å². The van der Waals surface area contributed by atoms with Gasteiger partial charge in [-0.3, -0.25) is 9.80 Å². The summed E-state index contributed by atoms with van der Waals surface area (Å²) in [4.78, 5) is 12.4. The standard InChI is InChI=1S/C31H37N5O2S/c1-21-4-7-30(28(12-21)29-19-39-31(33-29)36-17-25-8-9-35(20-36)23(25)3)38-18-26-6-5-24(13-27(26)14-32)16-34-10-11-37-22(2)15-34/h4-7,12-13,19,22-23,25H,8-11,15-18,20H2,1-3H3/t22?,23-,25?/m0/s1. The number of fused-ring (bicyclic) bond motifs is 2. The summed E-state index contributed by atoms with van der Waals surface area (Å²) in [6.07, 6.45) is 1.53. The van der Waals surface area contributed by atoms with E-state index in [-0.39, 0.29) is 6.10 Å². The second-order valence-corrected chi connectivity index (χ2v) is 12.1. The van der Waals surface area contributed by atoms with Gasteiger partial charge in [0.25, 0.3) is 0 Å². The minimum Gasteiger partial charge on any atom is -0.488 e. The van der Waals surface area contributed by atoms with Gasteiger partial charge in [-0.15, -0.1) is 11.3 Å². The molecular formula is C31H37N5O2S. The number of nitriles is 1. The molecule has 0 amide bonds. The van der Waals surface area contributed by atoms with Crippen LogP contribution in [0.5, 0.6) is 5.75 Å². The number of rotatable bonds is 7. The van der Waals surface area contributed by atoms with Gasteiger partial charge >= 0.3 is 0 Å². The molecular weight excluding hydrogens is 506 g/mol. The third-order valence-electron chi connectivity index (χ3n) is 8.44. The highest BCUT2D eigenvalue weighted by molar-refractivity contribution is 7.14. The molecule has 0 saturated carbocycles. The van der Waals surface area contributed by atoms with Gasteiger partial charge in [0, 0.05) is 55.3 Å². The lowest BCUT2D eigenvalue weighted by atomic mass is 10.0. The van der Waals surface area contributed by atoms with E-state index < -0.39 is 0 Å². The quantitative estimate of drug-likeness (QED) is 0.402. The summed E-state index contributed by atoms with van der Waals surface area (Å²) in [5.74, 6) is 1.52. The Kier molecular flexibility index (Phi) is 7.59. The minimum atomic E-state index is 0.246. The number of hydrogen-bond acceptors (Lipinski definition) is 8. The van der Waals surface area contributed by atoms with Crippen molar-refractivity contribution in [3.63, 3.8) is 0 Å². The van der Waals surface area contributed by atoms with E-state index in [1.165, 1.54) is 18.5 Å². The van der Waals surface area contributed by atoms with Crippen LogP contribution in [-0.2, 0) is 17.9 Å². The van der Waals surface area contributed by atoms with Crippen LogP contribution in [-0.4, -0.2) is 66.4 Å². The van der Waals surface area contributed by atoms with Crippen molar-refractivity contribution in [3.05, 3.63) is 64.0 Å². The Bertz CT molecular complexity index is 1350. The summed E-state index contributed by atoms with van der Waals surface area (Å²) in [7, 11) is 0. The Labute approximate surface area is 235 Å². The smallest absolute Gasteiger partial charge is 0.186 e. The Morgan fingerprint density at radius 3 is 2.87 bits per heavy atom. The van der Waals surface area contributed by atoms with Gasteiger partial charge in [0.05, 0.1) is 36.7 Å². The molecule has 0 N–H and O–H groups in total. The maximum atomic E-state index is 9.89. The van der Waals surface area contributed by atoms with E-state index in [9.17, 15) is 5.26 Å². The number of ether oxygens (including phenoxy) is 2. The lowest BCUT2D eigenvalue weighted by Crippen LogP contribution is -2.49. The monoisotopic (exact) mass is 543 g/mol. The predicted octanol–water partition coefficient (Wildman–Crippen LogP) is 5.28. The lowest BCUT2D eigenvalue weighted by Gasteiger charge is -2.38. The summed E-state index contributed by atoms with van der Waals surface area (Å²) in [5.41, 5.74) is 5.83. The van der Waals surface area contributed by atoms with Gasteiger partial charge in [0.1, 0.15) is 12.4 Å². The molecule has 0 spiro atoms. The summed E-state index contributed by atoms with van der Waals surface area (Å²) in [5, 5.41) is 13.1. The maximum absolute atomic E-state index is 9.89. The highest BCUT2D eigenvalue weighted by Crippen LogP contribution is 2.38. The summed E-state index contributed by atoms with van der Waals surface area (Å²) >= 11 is 1.71. The fraction of sp³-hybridized carbons (Fsp3) is 0.484. The average molecular weight is 544 g/mol. The molecule has 3 saturated heterocycles. The lowest BCUT2D eigenvalue weighted by molar-refractivity contribution is -0.0212. The first-order valence-corrected chi connectivity index (χ1v) is 14.9. The molecule has 6 rings (SSSR count). The third kappa shape index (κ3) is 5.68. The van der Waals surface area contributed by atoms with Crippen molar-refractivity contribution < 1.29 is 9.47 Å². The third-order valence-corrected chi connectivity index (χ3v) is 9.34. The van der Waals surface area contributed by atoms with Crippen molar-refractivity contribution >= 4 is 16.5 Å². The molecule has 3 aliphatic rings. The fourth-order valence-electron chi connectivity index (χ4n) is 6.12.